The third-order valence-electron chi connectivity index (χ3n) is 3.88. The van der Waals surface area contributed by atoms with E-state index in [0.717, 1.165) is 12.0 Å². The molecule has 0 nitrogen and oxygen atoms in total. The monoisotopic (exact) mass is 312 g/mol. The van der Waals surface area contributed by atoms with Crippen LogP contribution < -0.4 is 0 Å². The van der Waals surface area contributed by atoms with Crippen molar-refractivity contribution in [2.45, 2.75) is 13.3 Å². The molecule has 0 aliphatic rings. The van der Waals surface area contributed by atoms with Crippen molar-refractivity contribution in [2.75, 3.05) is 0 Å². The van der Waals surface area contributed by atoms with Gasteiger partial charge in [-0.15, -0.1) is 0 Å². The molecule has 3 rings (SSSR count). The zero-order valence-corrected chi connectivity index (χ0v) is 12.6. The molecule has 0 fully saturated rings. The lowest BCUT2D eigenvalue weighted by Crippen LogP contribution is -1.91. The van der Waals surface area contributed by atoms with Crippen molar-refractivity contribution in [3.05, 3.63) is 83.7 Å². The molecular weight excluding hydrogens is 297 g/mol. The Labute approximate surface area is 133 Å². The fourth-order valence-corrected chi connectivity index (χ4v) is 2.56. The van der Waals surface area contributed by atoms with Gasteiger partial charge in [-0.3, -0.25) is 0 Å². The molecular formula is C20H15F3. The van der Waals surface area contributed by atoms with Crippen molar-refractivity contribution < 1.29 is 13.2 Å². The molecule has 0 aliphatic carbocycles. The van der Waals surface area contributed by atoms with Gasteiger partial charge in [0.2, 0.25) is 0 Å². The lowest BCUT2D eigenvalue weighted by Gasteiger charge is -2.09. The molecule has 0 radical (unpaired) electrons. The zero-order chi connectivity index (χ0) is 16.4. The summed E-state index contributed by atoms with van der Waals surface area (Å²) in [6, 6.07) is 15.1. The summed E-state index contributed by atoms with van der Waals surface area (Å²) in [4.78, 5) is 0. The molecule has 0 saturated carbocycles. The summed E-state index contributed by atoms with van der Waals surface area (Å²) >= 11 is 0. The predicted octanol–water partition coefficient (Wildman–Crippen LogP) is 6.00. The van der Waals surface area contributed by atoms with Gasteiger partial charge in [-0.05, 0) is 47.4 Å². The average Bonchev–Trinajstić information content (AvgIpc) is 2.55. The second-order valence-corrected chi connectivity index (χ2v) is 5.37. The number of hydrogen-bond donors (Lipinski definition) is 0. The number of hydrogen-bond acceptors (Lipinski definition) is 0. The first-order valence-corrected chi connectivity index (χ1v) is 7.43. The molecule has 0 unspecified atom stereocenters. The second-order valence-electron chi connectivity index (χ2n) is 5.37. The molecule has 0 amide bonds. The Kier molecular flexibility index (Phi) is 4.20. The molecule has 23 heavy (non-hydrogen) atoms. The van der Waals surface area contributed by atoms with Crippen molar-refractivity contribution >= 4 is 0 Å². The van der Waals surface area contributed by atoms with E-state index in [1.54, 1.807) is 18.2 Å². The van der Waals surface area contributed by atoms with E-state index in [0.29, 0.717) is 22.3 Å². The van der Waals surface area contributed by atoms with Crippen LogP contribution in [-0.2, 0) is 6.42 Å². The highest BCUT2D eigenvalue weighted by molar-refractivity contribution is 5.71. The zero-order valence-electron chi connectivity index (χ0n) is 12.6. The molecule has 0 aliphatic heterocycles. The van der Waals surface area contributed by atoms with Crippen LogP contribution in [0.15, 0.2) is 60.7 Å². The van der Waals surface area contributed by atoms with Crippen LogP contribution in [0.3, 0.4) is 0 Å². The van der Waals surface area contributed by atoms with Crippen molar-refractivity contribution in [3.63, 3.8) is 0 Å². The van der Waals surface area contributed by atoms with Gasteiger partial charge in [0.05, 0.1) is 0 Å². The summed E-state index contributed by atoms with van der Waals surface area (Å²) in [6.45, 7) is 1.95. The predicted molar refractivity (Wildman–Crippen MR) is 86.6 cm³/mol. The van der Waals surface area contributed by atoms with Crippen LogP contribution in [-0.4, -0.2) is 0 Å². The van der Waals surface area contributed by atoms with Crippen LogP contribution in [0.4, 0.5) is 13.2 Å². The highest BCUT2D eigenvalue weighted by Crippen LogP contribution is 2.30. The second kappa shape index (κ2) is 6.29. The summed E-state index contributed by atoms with van der Waals surface area (Å²) in [5, 5.41) is 0. The van der Waals surface area contributed by atoms with Gasteiger partial charge in [-0.1, -0.05) is 43.3 Å². The summed E-state index contributed by atoms with van der Waals surface area (Å²) in [5.74, 6) is -1.20. The van der Waals surface area contributed by atoms with E-state index < -0.39 is 5.82 Å². The maximum Gasteiger partial charge on any atom is 0.131 e. The van der Waals surface area contributed by atoms with E-state index in [4.69, 9.17) is 0 Å². The van der Waals surface area contributed by atoms with E-state index in [-0.39, 0.29) is 11.6 Å². The van der Waals surface area contributed by atoms with Crippen LogP contribution >= 0.6 is 0 Å². The highest BCUT2D eigenvalue weighted by Gasteiger charge is 2.10. The standard InChI is InChI=1S/C20H15F3/c1-2-13-3-9-18(19(22)11-13)15-6-10-17(20(23)12-15)14-4-7-16(21)8-5-14/h3-12H,2H2,1H3. The van der Waals surface area contributed by atoms with Gasteiger partial charge in [0, 0.05) is 11.1 Å². The largest absolute Gasteiger partial charge is 0.207 e. The van der Waals surface area contributed by atoms with Crippen molar-refractivity contribution in [1.82, 2.24) is 0 Å². The van der Waals surface area contributed by atoms with E-state index >= 15 is 0 Å². The molecule has 0 N–H and O–H groups in total. The van der Waals surface area contributed by atoms with Crippen LogP contribution in [0.25, 0.3) is 22.3 Å². The lowest BCUT2D eigenvalue weighted by molar-refractivity contribution is 0.623. The van der Waals surface area contributed by atoms with Gasteiger partial charge in [0.25, 0.3) is 0 Å². The number of halogens is 3. The molecule has 0 bridgehead atoms. The Bertz CT molecular complexity index is 836. The van der Waals surface area contributed by atoms with E-state index in [9.17, 15) is 13.2 Å². The Morgan fingerprint density at radius 2 is 1.22 bits per heavy atom. The van der Waals surface area contributed by atoms with E-state index in [2.05, 4.69) is 0 Å². The Balaban J connectivity index is 2.00. The molecule has 0 atom stereocenters. The van der Waals surface area contributed by atoms with Gasteiger partial charge in [0.15, 0.2) is 0 Å². The SMILES string of the molecule is CCc1ccc(-c2ccc(-c3ccc(F)cc3)c(F)c2)c(F)c1. The first-order chi connectivity index (χ1) is 11.1. The van der Waals surface area contributed by atoms with Crippen LogP contribution in [0.5, 0.6) is 0 Å². The normalized spacial score (nSPS) is 10.8. The minimum absolute atomic E-state index is 0.360. The third kappa shape index (κ3) is 3.14. The van der Waals surface area contributed by atoms with Crippen LogP contribution in [0, 0.1) is 17.5 Å². The fraction of sp³-hybridized carbons (Fsp3) is 0.100. The van der Waals surface area contributed by atoms with Crippen molar-refractivity contribution in [3.8, 4) is 22.3 Å². The van der Waals surface area contributed by atoms with Crippen LogP contribution in [0.1, 0.15) is 12.5 Å². The van der Waals surface area contributed by atoms with E-state index in [1.165, 1.54) is 36.4 Å². The number of aryl methyl sites for hydroxylation is 1. The highest BCUT2D eigenvalue weighted by atomic mass is 19.1. The number of rotatable bonds is 3. The summed E-state index contributed by atoms with van der Waals surface area (Å²) < 4.78 is 41.5. The van der Waals surface area contributed by atoms with Gasteiger partial charge in [0.1, 0.15) is 17.5 Å². The van der Waals surface area contributed by atoms with E-state index in [1.807, 2.05) is 13.0 Å². The third-order valence-corrected chi connectivity index (χ3v) is 3.88. The molecule has 0 aromatic heterocycles. The average molecular weight is 312 g/mol. The lowest BCUT2D eigenvalue weighted by atomic mass is 9.98. The van der Waals surface area contributed by atoms with Gasteiger partial charge in [-0.2, -0.15) is 0 Å². The van der Waals surface area contributed by atoms with Gasteiger partial charge < -0.3 is 0 Å². The molecule has 0 heterocycles. The quantitative estimate of drug-likeness (QED) is 0.556. The molecule has 116 valence electrons. The fourth-order valence-electron chi connectivity index (χ4n) is 2.56. The Morgan fingerprint density at radius 1 is 0.652 bits per heavy atom. The first-order valence-electron chi connectivity index (χ1n) is 7.43. The molecule has 3 aromatic rings. The Hall–Kier alpha value is -2.55. The maximum atomic E-state index is 14.4. The topological polar surface area (TPSA) is 0 Å². The van der Waals surface area contributed by atoms with Crippen LogP contribution in [0.2, 0.25) is 0 Å². The molecule has 3 heteroatoms. The Morgan fingerprint density at radius 3 is 1.83 bits per heavy atom. The molecule has 0 spiro atoms. The summed E-state index contributed by atoms with van der Waals surface area (Å²) in [5.41, 5.74) is 2.69. The smallest absolute Gasteiger partial charge is 0.131 e. The minimum atomic E-state index is -0.465. The van der Waals surface area contributed by atoms with Gasteiger partial charge >= 0.3 is 0 Å². The van der Waals surface area contributed by atoms with Crippen molar-refractivity contribution in [2.24, 2.45) is 0 Å². The van der Waals surface area contributed by atoms with Crippen molar-refractivity contribution in [1.29, 1.82) is 0 Å². The first kappa shape index (κ1) is 15.3. The van der Waals surface area contributed by atoms with Gasteiger partial charge in [-0.25, -0.2) is 13.2 Å². The maximum absolute atomic E-state index is 14.4. The molecule has 0 saturated heterocycles. The molecule has 3 aromatic carbocycles. The minimum Gasteiger partial charge on any atom is -0.207 e. The summed E-state index contributed by atoms with van der Waals surface area (Å²) in [6.07, 6.45) is 0.745. The summed E-state index contributed by atoms with van der Waals surface area (Å²) in [7, 11) is 0. The number of benzene rings is 3.